The number of para-hydroxylation sites is 2. The zero-order valence-corrected chi connectivity index (χ0v) is 15.2. The average molecular weight is 370 g/mol. The van der Waals surface area contributed by atoms with Gasteiger partial charge in [-0.3, -0.25) is 4.57 Å². The molecule has 5 aromatic rings. The van der Waals surface area contributed by atoms with Crippen molar-refractivity contribution in [3.05, 3.63) is 96.3 Å². The number of nitrogens with one attached hydrogen (secondary N) is 1. The van der Waals surface area contributed by atoms with Crippen LogP contribution in [0.3, 0.4) is 0 Å². The number of hydrogen-bond donors (Lipinski definition) is 1. The molecule has 4 heteroatoms. The lowest BCUT2D eigenvalue weighted by Gasteiger charge is -2.10. The molecule has 0 radical (unpaired) electrons. The summed E-state index contributed by atoms with van der Waals surface area (Å²) in [6, 6.07) is 28.6. The molecule has 27 heavy (non-hydrogen) atoms. The number of imidazole rings is 1. The first-order valence-corrected chi connectivity index (χ1v) is 9.14. The van der Waals surface area contributed by atoms with Crippen LogP contribution in [0.25, 0.3) is 27.5 Å². The molecule has 0 fully saturated rings. The van der Waals surface area contributed by atoms with Gasteiger partial charge in [-0.05, 0) is 47.9 Å². The van der Waals surface area contributed by atoms with Crippen LogP contribution in [-0.4, -0.2) is 9.55 Å². The first-order chi connectivity index (χ1) is 13.3. The molecule has 1 N–H and O–H groups in total. The van der Waals surface area contributed by atoms with Crippen molar-refractivity contribution < 1.29 is 0 Å². The number of halogens is 1. The molecule has 0 amide bonds. The van der Waals surface area contributed by atoms with Crippen LogP contribution in [0.5, 0.6) is 0 Å². The van der Waals surface area contributed by atoms with Crippen molar-refractivity contribution in [3.63, 3.8) is 0 Å². The van der Waals surface area contributed by atoms with Crippen LogP contribution in [0.4, 0.5) is 11.4 Å². The summed E-state index contributed by atoms with van der Waals surface area (Å²) in [6.45, 7) is 0. The van der Waals surface area contributed by atoms with Gasteiger partial charge in [0.2, 0.25) is 0 Å². The maximum absolute atomic E-state index is 6.28. The van der Waals surface area contributed by atoms with Gasteiger partial charge in [0.05, 0.1) is 21.7 Å². The molecule has 0 atom stereocenters. The zero-order valence-electron chi connectivity index (χ0n) is 14.4. The molecule has 0 aliphatic rings. The van der Waals surface area contributed by atoms with Crippen molar-refractivity contribution in [1.29, 1.82) is 0 Å². The van der Waals surface area contributed by atoms with Gasteiger partial charge >= 0.3 is 0 Å². The Kier molecular flexibility index (Phi) is 3.80. The third-order valence-corrected chi connectivity index (χ3v) is 5.05. The van der Waals surface area contributed by atoms with E-state index < -0.39 is 0 Å². The minimum Gasteiger partial charge on any atom is -0.354 e. The van der Waals surface area contributed by atoms with Crippen LogP contribution >= 0.6 is 11.6 Å². The van der Waals surface area contributed by atoms with Gasteiger partial charge in [0.15, 0.2) is 0 Å². The second-order valence-corrected chi connectivity index (χ2v) is 6.83. The van der Waals surface area contributed by atoms with Crippen molar-refractivity contribution in [2.45, 2.75) is 0 Å². The molecular formula is C23H16ClN3. The highest BCUT2D eigenvalue weighted by Gasteiger charge is 2.09. The van der Waals surface area contributed by atoms with Crippen molar-refractivity contribution >= 4 is 44.8 Å². The van der Waals surface area contributed by atoms with E-state index in [4.69, 9.17) is 16.6 Å². The van der Waals surface area contributed by atoms with Gasteiger partial charge in [-0.25, -0.2) is 4.98 Å². The van der Waals surface area contributed by atoms with E-state index in [9.17, 15) is 0 Å². The Balaban J connectivity index is 1.64. The molecule has 0 bridgehead atoms. The molecule has 0 spiro atoms. The summed E-state index contributed by atoms with van der Waals surface area (Å²) in [5.74, 6) is 0. The first kappa shape index (κ1) is 15.9. The minimum atomic E-state index is 0.698. The number of rotatable bonds is 3. The Labute approximate surface area is 161 Å². The van der Waals surface area contributed by atoms with E-state index >= 15 is 0 Å². The fourth-order valence-electron chi connectivity index (χ4n) is 3.39. The molecule has 0 aliphatic carbocycles. The van der Waals surface area contributed by atoms with Crippen LogP contribution in [0.2, 0.25) is 5.02 Å². The molecule has 0 saturated heterocycles. The summed E-state index contributed by atoms with van der Waals surface area (Å²) in [5, 5.41) is 6.37. The Hall–Kier alpha value is -3.30. The smallest absolute Gasteiger partial charge is 0.100 e. The van der Waals surface area contributed by atoms with Gasteiger partial charge in [-0.15, -0.1) is 0 Å². The number of anilines is 2. The van der Waals surface area contributed by atoms with E-state index in [1.54, 1.807) is 0 Å². The fourth-order valence-corrected chi connectivity index (χ4v) is 3.57. The van der Waals surface area contributed by atoms with Gasteiger partial charge in [-0.2, -0.15) is 0 Å². The van der Waals surface area contributed by atoms with Crippen molar-refractivity contribution in [1.82, 2.24) is 9.55 Å². The Bertz CT molecular complexity index is 1260. The molecular weight excluding hydrogens is 354 g/mol. The molecule has 1 heterocycles. The third kappa shape index (κ3) is 2.82. The standard InChI is InChI=1S/C23H16ClN3/c24-20-8-4-5-9-21(20)26-17-12-10-16-11-13-22-23(19(16)14-17)25-15-27(22)18-6-2-1-3-7-18/h1-15,26H. The van der Waals surface area contributed by atoms with Crippen LogP contribution in [-0.2, 0) is 0 Å². The summed E-state index contributed by atoms with van der Waals surface area (Å²) >= 11 is 6.28. The lowest BCUT2D eigenvalue weighted by molar-refractivity contribution is 1.09. The lowest BCUT2D eigenvalue weighted by atomic mass is 10.1. The number of benzene rings is 4. The molecule has 3 nitrogen and oxygen atoms in total. The molecule has 0 saturated carbocycles. The third-order valence-electron chi connectivity index (χ3n) is 4.72. The predicted molar refractivity (Wildman–Crippen MR) is 113 cm³/mol. The lowest BCUT2D eigenvalue weighted by Crippen LogP contribution is -1.92. The summed E-state index contributed by atoms with van der Waals surface area (Å²) in [6.07, 6.45) is 1.88. The summed E-state index contributed by atoms with van der Waals surface area (Å²) in [4.78, 5) is 4.70. The fraction of sp³-hybridized carbons (Fsp3) is 0. The maximum atomic E-state index is 6.28. The Morgan fingerprint density at radius 3 is 2.44 bits per heavy atom. The van der Waals surface area contributed by atoms with Crippen molar-refractivity contribution in [3.8, 4) is 5.69 Å². The summed E-state index contributed by atoms with van der Waals surface area (Å²) in [7, 11) is 0. The summed E-state index contributed by atoms with van der Waals surface area (Å²) < 4.78 is 2.11. The SMILES string of the molecule is Clc1ccccc1Nc1ccc2ccc3c(ncn3-c3ccccc3)c2c1. The van der Waals surface area contributed by atoms with Crippen molar-refractivity contribution in [2.24, 2.45) is 0 Å². The van der Waals surface area contributed by atoms with Crippen LogP contribution in [0.15, 0.2) is 91.3 Å². The van der Waals surface area contributed by atoms with Gasteiger partial charge in [0, 0.05) is 16.8 Å². The van der Waals surface area contributed by atoms with Gasteiger partial charge < -0.3 is 5.32 Å². The van der Waals surface area contributed by atoms with E-state index in [1.165, 1.54) is 0 Å². The topological polar surface area (TPSA) is 29.9 Å². The second-order valence-electron chi connectivity index (χ2n) is 6.42. The number of nitrogens with zero attached hydrogens (tertiary/aromatic N) is 2. The monoisotopic (exact) mass is 369 g/mol. The van der Waals surface area contributed by atoms with E-state index in [-0.39, 0.29) is 0 Å². The van der Waals surface area contributed by atoms with Crippen LogP contribution < -0.4 is 5.32 Å². The molecule has 5 rings (SSSR count). The number of fused-ring (bicyclic) bond motifs is 3. The minimum absolute atomic E-state index is 0.698. The van der Waals surface area contributed by atoms with E-state index in [0.717, 1.165) is 38.9 Å². The molecule has 0 aliphatic heterocycles. The number of aromatic nitrogens is 2. The highest BCUT2D eigenvalue weighted by molar-refractivity contribution is 6.33. The van der Waals surface area contributed by atoms with E-state index in [0.29, 0.717) is 5.02 Å². The van der Waals surface area contributed by atoms with E-state index in [1.807, 2.05) is 48.8 Å². The first-order valence-electron chi connectivity index (χ1n) is 8.76. The Morgan fingerprint density at radius 1 is 0.815 bits per heavy atom. The normalized spacial score (nSPS) is 11.1. The van der Waals surface area contributed by atoms with Crippen molar-refractivity contribution in [2.75, 3.05) is 5.32 Å². The summed E-state index contributed by atoms with van der Waals surface area (Å²) in [5.41, 5.74) is 5.05. The Morgan fingerprint density at radius 2 is 1.59 bits per heavy atom. The quantitative estimate of drug-likeness (QED) is 0.389. The second kappa shape index (κ2) is 6.45. The molecule has 4 aromatic carbocycles. The van der Waals surface area contributed by atoms with Crippen LogP contribution in [0.1, 0.15) is 0 Å². The predicted octanol–water partition coefficient (Wildman–Crippen LogP) is 6.58. The number of hydrogen-bond acceptors (Lipinski definition) is 2. The molecule has 130 valence electrons. The zero-order chi connectivity index (χ0) is 18.2. The van der Waals surface area contributed by atoms with Gasteiger partial charge in [-0.1, -0.05) is 54.1 Å². The highest BCUT2D eigenvalue weighted by Crippen LogP contribution is 2.31. The van der Waals surface area contributed by atoms with Crippen LogP contribution in [0, 0.1) is 0 Å². The largest absolute Gasteiger partial charge is 0.354 e. The van der Waals surface area contributed by atoms with Gasteiger partial charge in [0.1, 0.15) is 6.33 Å². The molecule has 1 aromatic heterocycles. The highest BCUT2D eigenvalue weighted by atomic mass is 35.5. The average Bonchev–Trinajstić information content (AvgIpc) is 3.15. The van der Waals surface area contributed by atoms with Gasteiger partial charge in [0.25, 0.3) is 0 Å². The molecule has 0 unspecified atom stereocenters. The maximum Gasteiger partial charge on any atom is 0.100 e. The van der Waals surface area contributed by atoms with E-state index in [2.05, 4.69) is 52.3 Å².